The van der Waals surface area contributed by atoms with Gasteiger partial charge < -0.3 is 14.8 Å². The van der Waals surface area contributed by atoms with Crippen LogP contribution in [0.5, 0.6) is 11.5 Å². The maximum atomic E-state index is 12.0. The van der Waals surface area contributed by atoms with Gasteiger partial charge in [-0.2, -0.15) is 0 Å². The van der Waals surface area contributed by atoms with Crippen LogP contribution in [0.4, 0.5) is 5.69 Å². The lowest BCUT2D eigenvalue weighted by Gasteiger charge is -2.13. The lowest BCUT2D eigenvalue weighted by atomic mass is 10.2. The van der Waals surface area contributed by atoms with Gasteiger partial charge in [-0.15, -0.1) is 0 Å². The third-order valence-corrected chi connectivity index (χ3v) is 3.78. The average molecular weight is 348 g/mol. The standard InChI is InChI=1S/C19H22ClNO3/c1-4-14(3)24-17-8-6-16(7-9-17)21-19(22)12-23-18-10-5-15(20)11-13(18)2/h5-11,14H,4,12H2,1-3H3,(H,21,22). The Hall–Kier alpha value is -2.20. The molecule has 5 heteroatoms. The van der Waals surface area contributed by atoms with Gasteiger partial charge in [0.15, 0.2) is 6.61 Å². The van der Waals surface area contributed by atoms with Crippen LogP contribution in [0.3, 0.4) is 0 Å². The Morgan fingerprint density at radius 3 is 2.54 bits per heavy atom. The number of amides is 1. The van der Waals surface area contributed by atoms with E-state index >= 15 is 0 Å². The molecule has 1 unspecified atom stereocenters. The molecule has 0 bridgehead atoms. The van der Waals surface area contributed by atoms with E-state index in [2.05, 4.69) is 12.2 Å². The van der Waals surface area contributed by atoms with E-state index in [9.17, 15) is 4.79 Å². The van der Waals surface area contributed by atoms with Crippen LogP contribution in [0.25, 0.3) is 0 Å². The number of rotatable bonds is 7. The van der Waals surface area contributed by atoms with Gasteiger partial charge in [0, 0.05) is 10.7 Å². The van der Waals surface area contributed by atoms with Crippen LogP contribution in [-0.2, 0) is 4.79 Å². The number of nitrogens with one attached hydrogen (secondary N) is 1. The second-order valence-electron chi connectivity index (χ2n) is 5.61. The summed E-state index contributed by atoms with van der Waals surface area (Å²) >= 11 is 5.90. The van der Waals surface area contributed by atoms with Crippen LogP contribution >= 0.6 is 11.6 Å². The first-order chi connectivity index (χ1) is 11.5. The SMILES string of the molecule is CCC(C)Oc1ccc(NC(=O)COc2ccc(Cl)cc2C)cc1. The fourth-order valence-electron chi connectivity index (χ4n) is 2.05. The van der Waals surface area contributed by atoms with Crippen LogP contribution in [0, 0.1) is 6.92 Å². The molecule has 2 aromatic rings. The Morgan fingerprint density at radius 1 is 1.21 bits per heavy atom. The van der Waals surface area contributed by atoms with Gasteiger partial charge in [-0.1, -0.05) is 18.5 Å². The molecule has 128 valence electrons. The number of halogens is 1. The van der Waals surface area contributed by atoms with Gasteiger partial charge in [-0.3, -0.25) is 4.79 Å². The molecule has 2 rings (SSSR count). The first kappa shape index (κ1) is 18.1. The van der Waals surface area contributed by atoms with Crippen molar-refractivity contribution in [2.24, 2.45) is 0 Å². The van der Waals surface area contributed by atoms with Crippen molar-refractivity contribution in [1.82, 2.24) is 0 Å². The lowest BCUT2D eigenvalue weighted by molar-refractivity contribution is -0.118. The molecule has 4 nitrogen and oxygen atoms in total. The monoisotopic (exact) mass is 347 g/mol. The van der Waals surface area contributed by atoms with E-state index in [-0.39, 0.29) is 18.6 Å². The molecule has 1 N–H and O–H groups in total. The largest absolute Gasteiger partial charge is 0.491 e. The van der Waals surface area contributed by atoms with Crippen molar-refractivity contribution in [1.29, 1.82) is 0 Å². The molecule has 0 saturated carbocycles. The maximum absolute atomic E-state index is 12.0. The zero-order chi connectivity index (χ0) is 17.5. The molecule has 0 spiro atoms. The van der Waals surface area contributed by atoms with Crippen LogP contribution in [0.2, 0.25) is 5.02 Å². The minimum absolute atomic E-state index is 0.0619. The Balaban J connectivity index is 1.85. The average Bonchev–Trinajstić information content (AvgIpc) is 2.55. The van der Waals surface area contributed by atoms with Crippen LogP contribution < -0.4 is 14.8 Å². The van der Waals surface area contributed by atoms with Crippen molar-refractivity contribution in [2.45, 2.75) is 33.3 Å². The summed E-state index contributed by atoms with van der Waals surface area (Å²) in [6.45, 7) is 5.91. The molecule has 0 saturated heterocycles. The van der Waals surface area contributed by atoms with E-state index in [1.807, 2.05) is 38.1 Å². The number of hydrogen-bond donors (Lipinski definition) is 1. The highest BCUT2D eigenvalue weighted by Crippen LogP contribution is 2.22. The highest BCUT2D eigenvalue weighted by atomic mass is 35.5. The van der Waals surface area contributed by atoms with Gasteiger partial charge in [-0.05, 0) is 68.3 Å². The summed E-state index contributed by atoms with van der Waals surface area (Å²) in [5.74, 6) is 1.21. The Morgan fingerprint density at radius 2 is 1.92 bits per heavy atom. The number of carbonyl (C=O) groups excluding carboxylic acids is 1. The van der Waals surface area contributed by atoms with E-state index in [0.29, 0.717) is 16.5 Å². The van der Waals surface area contributed by atoms with E-state index in [1.165, 1.54) is 0 Å². The highest BCUT2D eigenvalue weighted by molar-refractivity contribution is 6.30. The zero-order valence-electron chi connectivity index (χ0n) is 14.1. The summed E-state index contributed by atoms with van der Waals surface area (Å²) in [4.78, 5) is 12.0. The molecule has 24 heavy (non-hydrogen) atoms. The predicted molar refractivity (Wildman–Crippen MR) is 97.1 cm³/mol. The van der Waals surface area contributed by atoms with Crippen molar-refractivity contribution >= 4 is 23.2 Å². The van der Waals surface area contributed by atoms with Crippen molar-refractivity contribution in [3.05, 3.63) is 53.1 Å². The van der Waals surface area contributed by atoms with Gasteiger partial charge in [0.2, 0.25) is 0 Å². The zero-order valence-corrected chi connectivity index (χ0v) is 14.9. The Bertz CT molecular complexity index is 686. The summed E-state index contributed by atoms with van der Waals surface area (Å²) < 4.78 is 11.2. The van der Waals surface area contributed by atoms with E-state index in [0.717, 1.165) is 17.7 Å². The molecule has 1 amide bonds. The van der Waals surface area contributed by atoms with Crippen LogP contribution in [0.15, 0.2) is 42.5 Å². The van der Waals surface area contributed by atoms with Crippen molar-refractivity contribution in [3.8, 4) is 11.5 Å². The van der Waals surface area contributed by atoms with E-state index in [4.69, 9.17) is 21.1 Å². The van der Waals surface area contributed by atoms with Gasteiger partial charge in [0.05, 0.1) is 6.10 Å². The molecule has 0 fully saturated rings. The Kier molecular flexibility index (Phi) is 6.50. The summed E-state index contributed by atoms with van der Waals surface area (Å²) in [5, 5.41) is 3.43. The summed E-state index contributed by atoms with van der Waals surface area (Å²) in [5.41, 5.74) is 1.59. The highest BCUT2D eigenvalue weighted by Gasteiger charge is 2.07. The summed E-state index contributed by atoms with van der Waals surface area (Å²) in [7, 11) is 0. The van der Waals surface area contributed by atoms with Gasteiger partial charge in [0.1, 0.15) is 11.5 Å². The van der Waals surface area contributed by atoms with Crippen molar-refractivity contribution in [2.75, 3.05) is 11.9 Å². The first-order valence-electron chi connectivity index (χ1n) is 7.93. The van der Waals surface area contributed by atoms with Gasteiger partial charge in [0.25, 0.3) is 5.91 Å². The molecule has 0 aliphatic carbocycles. The van der Waals surface area contributed by atoms with Crippen molar-refractivity contribution in [3.63, 3.8) is 0 Å². The number of hydrogen-bond acceptors (Lipinski definition) is 3. The second kappa shape index (κ2) is 8.60. The second-order valence-corrected chi connectivity index (χ2v) is 6.04. The topological polar surface area (TPSA) is 47.6 Å². The van der Waals surface area contributed by atoms with E-state index < -0.39 is 0 Å². The molecule has 2 aromatic carbocycles. The molecular formula is C19H22ClNO3. The number of carbonyl (C=O) groups is 1. The quantitative estimate of drug-likeness (QED) is 0.779. The van der Waals surface area contributed by atoms with Gasteiger partial charge in [-0.25, -0.2) is 0 Å². The fraction of sp³-hybridized carbons (Fsp3) is 0.316. The van der Waals surface area contributed by atoms with E-state index in [1.54, 1.807) is 18.2 Å². The van der Waals surface area contributed by atoms with Crippen LogP contribution in [-0.4, -0.2) is 18.6 Å². The minimum Gasteiger partial charge on any atom is -0.491 e. The lowest BCUT2D eigenvalue weighted by Crippen LogP contribution is -2.20. The third kappa shape index (κ3) is 5.46. The maximum Gasteiger partial charge on any atom is 0.262 e. The number of aryl methyl sites for hydroxylation is 1. The normalized spacial score (nSPS) is 11.7. The summed E-state index contributed by atoms with van der Waals surface area (Å²) in [6, 6.07) is 12.6. The first-order valence-corrected chi connectivity index (χ1v) is 8.31. The molecule has 0 aromatic heterocycles. The predicted octanol–water partition coefficient (Wildman–Crippen LogP) is 4.84. The molecule has 0 heterocycles. The fourth-order valence-corrected chi connectivity index (χ4v) is 2.27. The minimum atomic E-state index is -0.222. The Labute approximate surface area is 147 Å². The molecule has 0 aliphatic rings. The van der Waals surface area contributed by atoms with Crippen molar-refractivity contribution < 1.29 is 14.3 Å². The molecule has 0 aliphatic heterocycles. The number of benzene rings is 2. The number of anilines is 1. The number of ether oxygens (including phenoxy) is 2. The molecular weight excluding hydrogens is 326 g/mol. The van der Waals surface area contributed by atoms with Gasteiger partial charge >= 0.3 is 0 Å². The smallest absolute Gasteiger partial charge is 0.262 e. The molecule has 1 atom stereocenters. The third-order valence-electron chi connectivity index (χ3n) is 3.55. The van der Waals surface area contributed by atoms with Crippen LogP contribution in [0.1, 0.15) is 25.8 Å². The summed E-state index contributed by atoms with van der Waals surface area (Å²) in [6.07, 6.45) is 1.11. The molecule has 0 radical (unpaired) electrons.